The monoisotopic (exact) mass is 421 g/mol. The number of hydrogen-bond acceptors (Lipinski definition) is 5. The van der Waals surface area contributed by atoms with Crippen LogP contribution in [0.5, 0.6) is 0 Å². The van der Waals surface area contributed by atoms with Gasteiger partial charge in [-0.3, -0.25) is 9.59 Å². The number of likely N-dealkylation sites (tertiary alicyclic amines) is 1. The molecule has 0 aromatic heterocycles. The van der Waals surface area contributed by atoms with Crippen LogP contribution in [0, 0.1) is 5.92 Å². The maximum atomic E-state index is 12.9. The van der Waals surface area contributed by atoms with Gasteiger partial charge in [-0.1, -0.05) is 72.8 Å². The summed E-state index contributed by atoms with van der Waals surface area (Å²) in [6.07, 6.45) is 5.65. The summed E-state index contributed by atoms with van der Waals surface area (Å²) in [5, 5.41) is 0. The zero-order valence-electron chi connectivity index (χ0n) is 17.6. The Morgan fingerprint density at radius 1 is 1.03 bits per heavy atom. The second kappa shape index (κ2) is 11.1. The molecule has 162 valence electrons. The highest BCUT2D eigenvalue weighted by molar-refractivity contribution is 6.32. The highest BCUT2D eigenvalue weighted by Gasteiger charge is 2.32. The largest absolute Gasteiger partial charge is 0.462 e. The lowest BCUT2D eigenvalue weighted by molar-refractivity contribution is -0.158. The Bertz CT molecular complexity index is 910. The maximum absolute atomic E-state index is 12.9. The van der Waals surface area contributed by atoms with Crippen molar-refractivity contribution in [2.75, 3.05) is 13.7 Å². The van der Waals surface area contributed by atoms with Gasteiger partial charge in [0, 0.05) is 6.54 Å². The topological polar surface area (TPSA) is 72.9 Å². The van der Waals surface area contributed by atoms with E-state index in [0.717, 1.165) is 24.0 Å². The van der Waals surface area contributed by atoms with Gasteiger partial charge in [-0.2, -0.15) is 0 Å². The van der Waals surface area contributed by atoms with Gasteiger partial charge in [-0.05, 0) is 30.4 Å². The van der Waals surface area contributed by atoms with Gasteiger partial charge in [-0.15, -0.1) is 0 Å². The van der Waals surface area contributed by atoms with E-state index in [-0.39, 0.29) is 18.6 Å². The number of benzene rings is 2. The first-order valence-electron chi connectivity index (χ1n) is 10.4. The van der Waals surface area contributed by atoms with E-state index in [1.165, 1.54) is 12.0 Å². The third-order valence-electron chi connectivity index (χ3n) is 5.31. The molecule has 2 atom stereocenters. The summed E-state index contributed by atoms with van der Waals surface area (Å²) in [6.45, 7) is 0.694. The Morgan fingerprint density at radius 3 is 2.32 bits per heavy atom. The average molecular weight is 421 g/mol. The van der Waals surface area contributed by atoms with E-state index < -0.39 is 17.8 Å². The van der Waals surface area contributed by atoms with Crippen LogP contribution in [0.15, 0.2) is 72.8 Å². The molecule has 1 aliphatic heterocycles. The zero-order chi connectivity index (χ0) is 22.1. The molecule has 0 N–H and O–H groups in total. The maximum Gasteiger partial charge on any atom is 0.396 e. The second-order valence-electron chi connectivity index (χ2n) is 7.47. The van der Waals surface area contributed by atoms with E-state index in [2.05, 4.69) is 4.74 Å². The molecule has 0 bridgehead atoms. The molecule has 6 heteroatoms. The number of rotatable bonds is 7. The fourth-order valence-electron chi connectivity index (χ4n) is 3.65. The van der Waals surface area contributed by atoms with Crippen LogP contribution in [0.2, 0.25) is 0 Å². The van der Waals surface area contributed by atoms with Crippen molar-refractivity contribution in [3.63, 3.8) is 0 Å². The fraction of sp³-hybridized carbons (Fsp3) is 0.320. The van der Waals surface area contributed by atoms with E-state index in [1.54, 1.807) is 6.08 Å². The van der Waals surface area contributed by atoms with E-state index in [0.29, 0.717) is 13.0 Å². The lowest BCUT2D eigenvalue weighted by Gasteiger charge is -2.21. The third-order valence-corrected chi connectivity index (χ3v) is 5.31. The Labute approximate surface area is 182 Å². The molecule has 1 unspecified atom stereocenters. The SMILES string of the molecule is COC(=O)C(=O)N1CCC[C@H]1/C=C/C(Cc1ccccc1)C(=O)OCc1ccccc1. The van der Waals surface area contributed by atoms with Gasteiger partial charge in [0.1, 0.15) is 6.61 Å². The first-order valence-corrected chi connectivity index (χ1v) is 10.4. The van der Waals surface area contributed by atoms with Crippen LogP contribution in [0.4, 0.5) is 0 Å². The summed E-state index contributed by atoms with van der Waals surface area (Å²) >= 11 is 0. The summed E-state index contributed by atoms with van der Waals surface area (Å²) in [5.74, 6) is -2.35. The molecule has 31 heavy (non-hydrogen) atoms. The quantitative estimate of drug-likeness (QED) is 0.390. The average Bonchev–Trinajstić information content (AvgIpc) is 3.29. The van der Waals surface area contributed by atoms with E-state index >= 15 is 0 Å². The summed E-state index contributed by atoms with van der Waals surface area (Å²) < 4.78 is 10.1. The number of ether oxygens (including phenoxy) is 2. The number of carbonyl (C=O) groups excluding carboxylic acids is 3. The molecule has 1 fully saturated rings. The van der Waals surface area contributed by atoms with Crippen LogP contribution in [-0.4, -0.2) is 42.4 Å². The molecular weight excluding hydrogens is 394 g/mol. The van der Waals surface area contributed by atoms with Crippen molar-refractivity contribution in [2.45, 2.75) is 31.9 Å². The van der Waals surface area contributed by atoms with Gasteiger partial charge in [0.15, 0.2) is 0 Å². The third kappa shape index (κ3) is 6.28. The molecule has 1 heterocycles. The number of nitrogens with zero attached hydrogens (tertiary/aromatic N) is 1. The van der Waals surface area contributed by atoms with Crippen LogP contribution < -0.4 is 0 Å². The Morgan fingerprint density at radius 2 is 1.68 bits per heavy atom. The smallest absolute Gasteiger partial charge is 0.396 e. The number of esters is 2. The van der Waals surface area contributed by atoms with Gasteiger partial charge in [0.25, 0.3) is 0 Å². The van der Waals surface area contributed by atoms with E-state index in [1.807, 2.05) is 66.7 Å². The minimum atomic E-state index is -0.872. The van der Waals surface area contributed by atoms with Crippen molar-refractivity contribution >= 4 is 17.8 Å². The van der Waals surface area contributed by atoms with Gasteiger partial charge in [0.2, 0.25) is 0 Å². The number of amides is 1. The van der Waals surface area contributed by atoms with Crippen molar-refractivity contribution < 1.29 is 23.9 Å². The lowest BCUT2D eigenvalue weighted by atomic mass is 9.98. The molecular formula is C25H27NO5. The fourth-order valence-corrected chi connectivity index (χ4v) is 3.65. The highest BCUT2D eigenvalue weighted by atomic mass is 16.5. The molecule has 0 saturated carbocycles. The Kier molecular flexibility index (Phi) is 7.98. The van der Waals surface area contributed by atoms with Crippen molar-refractivity contribution in [1.82, 2.24) is 4.90 Å². The van der Waals surface area contributed by atoms with Crippen LogP contribution in [0.3, 0.4) is 0 Å². The zero-order valence-corrected chi connectivity index (χ0v) is 17.6. The standard InChI is InChI=1S/C25H27NO5/c1-30-25(29)23(27)26-16-8-13-22(26)15-14-21(17-19-9-4-2-5-10-19)24(28)31-18-20-11-6-3-7-12-20/h2-7,9-12,14-15,21-22H,8,13,16-18H2,1H3/b15-14+/t21?,22-/m0/s1. The Hall–Kier alpha value is -3.41. The van der Waals surface area contributed by atoms with Gasteiger partial charge >= 0.3 is 17.8 Å². The molecule has 0 radical (unpaired) electrons. The van der Waals surface area contributed by atoms with E-state index in [4.69, 9.17) is 4.74 Å². The van der Waals surface area contributed by atoms with Gasteiger partial charge < -0.3 is 14.4 Å². The van der Waals surface area contributed by atoms with Crippen LogP contribution in [0.1, 0.15) is 24.0 Å². The predicted molar refractivity (Wildman–Crippen MR) is 116 cm³/mol. The van der Waals surface area contributed by atoms with Crippen LogP contribution >= 0.6 is 0 Å². The number of carbonyl (C=O) groups is 3. The minimum absolute atomic E-state index is 0.204. The minimum Gasteiger partial charge on any atom is -0.462 e. The predicted octanol–water partition coefficient (Wildman–Crippen LogP) is 3.31. The molecule has 1 amide bonds. The van der Waals surface area contributed by atoms with E-state index in [9.17, 15) is 14.4 Å². The normalized spacial score (nSPS) is 16.8. The highest BCUT2D eigenvalue weighted by Crippen LogP contribution is 2.21. The van der Waals surface area contributed by atoms with Gasteiger partial charge in [-0.25, -0.2) is 4.79 Å². The Balaban J connectivity index is 1.71. The summed E-state index contributed by atoms with van der Waals surface area (Å²) in [7, 11) is 1.19. The summed E-state index contributed by atoms with van der Waals surface area (Å²) in [5.41, 5.74) is 1.94. The van der Waals surface area contributed by atoms with Crippen molar-refractivity contribution in [2.24, 2.45) is 5.92 Å². The number of methoxy groups -OCH3 is 1. The molecule has 6 nitrogen and oxygen atoms in total. The first-order chi connectivity index (χ1) is 15.1. The second-order valence-corrected chi connectivity index (χ2v) is 7.47. The molecule has 1 aliphatic rings. The molecule has 0 spiro atoms. The molecule has 3 rings (SSSR count). The molecule has 1 saturated heterocycles. The molecule has 0 aliphatic carbocycles. The summed E-state index contributed by atoms with van der Waals surface area (Å²) in [6, 6.07) is 19.0. The van der Waals surface area contributed by atoms with Crippen molar-refractivity contribution in [1.29, 1.82) is 0 Å². The first kappa shape index (κ1) is 22.3. The van der Waals surface area contributed by atoms with Crippen LogP contribution in [-0.2, 0) is 36.9 Å². The lowest BCUT2D eigenvalue weighted by Crippen LogP contribution is -2.39. The molecule has 2 aromatic carbocycles. The number of hydrogen-bond donors (Lipinski definition) is 0. The van der Waals surface area contributed by atoms with Gasteiger partial charge in [0.05, 0.1) is 19.1 Å². The summed E-state index contributed by atoms with van der Waals surface area (Å²) in [4.78, 5) is 38.2. The van der Waals surface area contributed by atoms with Crippen molar-refractivity contribution in [3.05, 3.63) is 83.9 Å². The molecule has 2 aromatic rings. The van der Waals surface area contributed by atoms with Crippen LogP contribution in [0.25, 0.3) is 0 Å². The van der Waals surface area contributed by atoms with Crippen molar-refractivity contribution in [3.8, 4) is 0 Å².